The van der Waals surface area contributed by atoms with Crippen LogP contribution >= 0.6 is 0 Å². The van der Waals surface area contributed by atoms with Gasteiger partial charge in [-0.15, -0.1) is 0 Å². The first kappa shape index (κ1) is 16.2. The maximum atomic E-state index is 5.72. The van der Waals surface area contributed by atoms with E-state index in [-0.39, 0.29) is 6.10 Å². The number of benzene rings is 2. The monoisotopic (exact) mass is 321 g/mol. The van der Waals surface area contributed by atoms with Gasteiger partial charge in [-0.3, -0.25) is 0 Å². The third-order valence-electron chi connectivity index (χ3n) is 4.14. The molecule has 1 atom stereocenters. The van der Waals surface area contributed by atoms with E-state index >= 15 is 0 Å². The van der Waals surface area contributed by atoms with Crippen LogP contribution in [0.4, 0.5) is 5.69 Å². The molecule has 0 spiro atoms. The van der Waals surface area contributed by atoms with Crippen molar-refractivity contribution < 1.29 is 4.84 Å². The minimum atomic E-state index is -0.0224. The van der Waals surface area contributed by atoms with Crippen LogP contribution in [-0.4, -0.2) is 31.0 Å². The van der Waals surface area contributed by atoms with Gasteiger partial charge in [-0.2, -0.15) is 0 Å². The topological polar surface area (TPSA) is 37.2 Å². The molecule has 4 heteroatoms. The molecule has 0 amide bonds. The SMILES string of the molecule is Cc1cc(C2CC(c3ccccc3)=NO2)c(C)cc1N=CN(C)C. The highest BCUT2D eigenvalue weighted by Gasteiger charge is 2.25. The van der Waals surface area contributed by atoms with Gasteiger partial charge >= 0.3 is 0 Å². The molecule has 1 aliphatic rings. The Labute approximate surface area is 143 Å². The molecule has 24 heavy (non-hydrogen) atoms. The largest absolute Gasteiger partial charge is 0.387 e. The van der Waals surface area contributed by atoms with E-state index in [0.717, 1.165) is 28.9 Å². The Hall–Kier alpha value is -2.62. The first-order valence-corrected chi connectivity index (χ1v) is 8.14. The molecule has 0 radical (unpaired) electrons. The molecule has 4 nitrogen and oxygen atoms in total. The van der Waals surface area contributed by atoms with Crippen LogP contribution in [-0.2, 0) is 4.84 Å². The van der Waals surface area contributed by atoms with Gasteiger partial charge in [-0.1, -0.05) is 35.5 Å². The quantitative estimate of drug-likeness (QED) is 0.618. The van der Waals surface area contributed by atoms with Crippen LogP contribution in [0, 0.1) is 13.8 Å². The van der Waals surface area contributed by atoms with Crippen molar-refractivity contribution in [3.8, 4) is 0 Å². The lowest BCUT2D eigenvalue weighted by atomic mass is 9.95. The van der Waals surface area contributed by atoms with Crippen LogP contribution in [0.15, 0.2) is 52.6 Å². The average Bonchev–Trinajstić information content (AvgIpc) is 3.05. The molecule has 0 fully saturated rings. The van der Waals surface area contributed by atoms with E-state index in [1.807, 2.05) is 43.5 Å². The van der Waals surface area contributed by atoms with Gasteiger partial charge in [-0.25, -0.2) is 4.99 Å². The van der Waals surface area contributed by atoms with Crippen LogP contribution in [0.5, 0.6) is 0 Å². The highest BCUT2D eigenvalue weighted by atomic mass is 16.6. The van der Waals surface area contributed by atoms with E-state index in [9.17, 15) is 0 Å². The molecule has 1 aliphatic heterocycles. The van der Waals surface area contributed by atoms with Gasteiger partial charge in [0, 0.05) is 20.5 Å². The minimum absolute atomic E-state index is 0.0224. The van der Waals surface area contributed by atoms with Crippen LogP contribution in [0.2, 0.25) is 0 Å². The normalized spacial score (nSPS) is 17.0. The standard InChI is InChI=1S/C20H23N3O/c1-14-11-18(21-13-23(3)4)15(2)10-17(14)20-12-19(22-24-20)16-8-6-5-7-9-16/h5-11,13,20H,12H2,1-4H3. The van der Waals surface area contributed by atoms with E-state index in [2.05, 4.69) is 48.3 Å². The second-order valence-corrected chi connectivity index (χ2v) is 6.41. The zero-order chi connectivity index (χ0) is 17.1. The van der Waals surface area contributed by atoms with Gasteiger partial charge in [0.15, 0.2) is 6.10 Å². The summed E-state index contributed by atoms with van der Waals surface area (Å²) in [5.74, 6) is 0. The van der Waals surface area contributed by atoms with E-state index in [1.165, 1.54) is 11.1 Å². The van der Waals surface area contributed by atoms with Crippen molar-refractivity contribution in [3.05, 3.63) is 64.7 Å². The summed E-state index contributed by atoms with van der Waals surface area (Å²) in [5, 5.41) is 4.30. The zero-order valence-electron chi connectivity index (χ0n) is 14.7. The fourth-order valence-corrected chi connectivity index (χ4v) is 2.83. The molecule has 1 heterocycles. The van der Waals surface area contributed by atoms with Crippen molar-refractivity contribution in [2.75, 3.05) is 14.1 Å². The molecule has 0 saturated carbocycles. The summed E-state index contributed by atoms with van der Waals surface area (Å²) in [4.78, 5) is 12.2. The number of oxime groups is 1. The Balaban J connectivity index is 1.81. The predicted octanol–water partition coefficient (Wildman–Crippen LogP) is 4.39. The highest BCUT2D eigenvalue weighted by molar-refractivity contribution is 6.01. The number of hydrogen-bond donors (Lipinski definition) is 0. The Kier molecular flexibility index (Phi) is 4.65. The van der Waals surface area contributed by atoms with Gasteiger partial charge in [-0.05, 0) is 48.2 Å². The number of nitrogens with zero attached hydrogens (tertiary/aromatic N) is 3. The smallest absolute Gasteiger partial charge is 0.158 e. The first-order chi connectivity index (χ1) is 11.5. The van der Waals surface area contributed by atoms with Gasteiger partial charge in [0.05, 0.1) is 17.7 Å². The molecule has 2 aromatic carbocycles. The summed E-state index contributed by atoms with van der Waals surface area (Å²) < 4.78 is 0. The third kappa shape index (κ3) is 3.48. The van der Waals surface area contributed by atoms with Crippen molar-refractivity contribution in [1.29, 1.82) is 0 Å². The molecule has 124 valence electrons. The Morgan fingerprint density at radius 1 is 1.12 bits per heavy atom. The maximum Gasteiger partial charge on any atom is 0.158 e. The van der Waals surface area contributed by atoms with E-state index in [0.29, 0.717) is 0 Å². The molecular formula is C20H23N3O. The molecule has 0 N–H and O–H groups in total. The summed E-state index contributed by atoms with van der Waals surface area (Å²) in [6.07, 6.45) is 2.60. The van der Waals surface area contributed by atoms with Crippen LogP contribution < -0.4 is 0 Å². The molecule has 3 rings (SSSR count). The molecule has 0 saturated heterocycles. The number of aryl methyl sites for hydroxylation is 2. The second-order valence-electron chi connectivity index (χ2n) is 6.41. The number of hydrogen-bond acceptors (Lipinski definition) is 3. The van der Waals surface area contributed by atoms with E-state index in [4.69, 9.17) is 4.84 Å². The zero-order valence-corrected chi connectivity index (χ0v) is 14.7. The Morgan fingerprint density at radius 2 is 1.88 bits per heavy atom. The molecule has 0 bridgehead atoms. The van der Waals surface area contributed by atoms with Crippen molar-refractivity contribution in [3.63, 3.8) is 0 Å². The fraction of sp³-hybridized carbons (Fsp3) is 0.300. The van der Waals surface area contributed by atoms with Gasteiger partial charge in [0.1, 0.15) is 0 Å². The molecule has 2 aromatic rings. The fourth-order valence-electron chi connectivity index (χ4n) is 2.83. The third-order valence-corrected chi connectivity index (χ3v) is 4.14. The Morgan fingerprint density at radius 3 is 2.58 bits per heavy atom. The van der Waals surface area contributed by atoms with Crippen molar-refractivity contribution in [2.24, 2.45) is 10.1 Å². The molecule has 0 aromatic heterocycles. The first-order valence-electron chi connectivity index (χ1n) is 8.14. The van der Waals surface area contributed by atoms with Crippen molar-refractivity contribution in [2.45, 2.75) is 26.4 Å². The van der Waals surface area contributed by atoms with E-state index < -0.39 is 0 Å². The summed E-state index contributed by atoms with van der Waals surface area (Å²) in [5.41, 5.74) is 6.64. The number of rotatable bonds is 4. The lowest BCUT2D eigenvalue weighted by Gasteiger charge is -2.14. The van der Waals surface area contributed by atoms with E-state index in [1.54, 1.807) is 0 Å². The van der Waals surface area contributed by atoms with Crippen molar-refractivity contribution >= 4 is 17.7 Å². The summed E-state index contributed by atoms with van der Waals surface area (Å²) in [7, 11) is 3.93. The lowest BCUT2D eigenvalue weighted by molar-refractivity contribution is 0.0852. The lowest BCUT2D eigenvalue weighted by Crippen LogP contribution is -2.07. The Bertz CT molecular complexity index is 779. The molecular weight excluding hydrogens is 298 g/mol. The van der Waals surface area contributed by atoms with Crippen LogP contribution in [0.3, 0.4) is 0 Å². The van der Waals surface area contributed by atoms with Crippen LogP contribution in [0.25, 0.3) is 0 Å². The predicted molar refractivity (Wildman–Crippen MR) is 99.2 cm³/mol. The summed E-state index contributed by atoms with van der Waals surface area (Å²) in [6.45, 7) is 4.19. The summed E-state index contributed by atoms with van der Waals surface area (Å²) >= 11 is 0. The van der Waals surface area contributed by atoms with Crippen molar-refractivity contribution in [1.82, 2.24) is 4.90 Å². The molecule has 0 aliphatic carbocycles. The highest BCUT2D eigenvalue weighted by Crippen LogP contribution is 2.34. The summed E-state index contributed by atoms with van der Waals surface area (Å²) in [6, 6.07) is 14.5. The van der Waals surface area contributed by atoms with Gasteiger partial charge in [0.25, 0.3) is 0 Å². The maximum absolute atomic E-state index is 5.72. The number of aliphatic imine (C=N–C) groups is 1. The van der Waals surface area contributed by atoms with Crippen LogP contribution in [0.1, 0.15) is 34.8 Å². The molecule has 1 unspecified atom stereocenters. The van der Waals surface area contributed by atoms with Gasteiger partial charge in [0.2, 0.25) is 0 Å². The minimum Gasteiger partial charge on any atom is -0.387 e. The second kappa shape index (κ2) is 6.87. The average molecular weight is 321 g/mol. The van der Waals surface area contributed by atoms with Gasteiger partial charge < -0.3 is 9.74 Å².